The van der Waals surface area contributed by atoms with Gasteiger partial charge >= 0.3 is 11.8 Å². The Balaban J connectivity index is 1.63. The molecule has 7 nitrogen and oxygen atoms in total. The minimum Gasteiger partial charge on any atom is -0.350 e. The minimum atomic E-state index is -0.835. The van der Waals surface area contributed by atoms with Crippen LogP contribution in [0, 0.1) is 12.8 Å². The lowest BCUT2D eigenvalue weighted by Gasteiger charge is -2.08. The van der Waals surface area contributed by atoms with Gasteiger partial charge in [-0.3, -0.25) is 19.4 Å². The number of Topliss-reactive ketones (excluding diaryl/α,β-unsaturated/α-hetero) is 1. The van der Waals surface area contributed by atoms with Crippen molar-refractivity contribution in [3.8, 4) is 0 Å². The number of hydrogen-bond donors (Lipinski definition) is 3. The van der Waals surface area contributed by atoms with Crippen molar-refractivity contribution in [3.05, 3.63) is 54.0 Å². The maximum absolute atomic E-state index is 12.6. The molecule has 3 aromatic rings. The lowest BCUT2D eigenvalue weighted by Crippen LogP contribution is -2.29. The average Bonchev–Trinajstić information content (AvgIpc) is 3.45. The molecule has 7 heteroatoms. The highest BCUT2D eigenvalue weighted by molar-refractivity contribution is 6.44. The third-order valence-electron chi connectivity index (χ3n) is 4.53. The van der Waals surface area contributed by atoms with Crippen LogP contribution in [0.4, 0.5) is 11.4 Å². The first kappa shape index (κ1) is 17.0. The van der Waals surface area contributed by atoms with Crippen molar-refractivity contribution < 1.29 is 14.4 Å². The summed E-state index contributed by atoms with van der Waals surface area (Å²) in [5, 5.41) is 5.83. The number of anilines is 2. The van der Waals surface area contributed by atoms with Crippen LogP contribution in [-0.2, 0) is 9.59 Å². The molecule has 1 saturated carbocycles. The number of benzene rings is 1. The summed E-state index contributed by atoms with van der Waals surface area (Å²) in [6.45, 7) is 1.95. The summed E-state index contributed by atoms with van der Waals surface area (Å²) in [6, 6.07) is 8.81. The third-order valence-corrected chi connectivity index (χ3v) is 4.53. The summed E-state index contributed by atoms with van der Waals surface area (Å²) in [5.74, 6) is -1.69. The predicted octanol–water partition coefficient (Wildman–Crippen LogP) is 3.04. The van der Waals surface area contributed by atoms with Crippen molar-refractivity contribution in [2.75, 3.05) is 10.6 Å². The number of aromatic nitrogens is 2. The molecule has 3 N–H and O–H groups in total. The van der Waals surface area contributed by atoms with Gasteiger partial charge in [-0.1, -0.05) is 12.1 Å². The topological polar surface area (TPSA) is 104 Å². The summed E-state index contributed by atoms with van der Waals surface area (Å²) in [5.41, 5.74) is 2.96. The van der Waals surface area contributed by atoms with Crippen LogP contribution in [0.2, 0.25) is 0 Å². The Morgan fingerprint density at radius 2 is 1.74 bits per heavy atom. The highest BCUT2D eigenvalue weighted by Crippen LogP contribution is 2.37. The van der Waals surface area contributed by atoms with Crippen molar-refractivity contribution in [1.82, 2.24) is 9.97 Å². The molecule has 2 aromatic heterocycles. The summed E-state index contributed by atoms with van der Waals surface area (Å²) in [4.78, 5) is 44.2. The molecule has 136 valence electrons. The van der Waals surface area contributed by atoms with Gasteiger partial charge in [-0.2, -0.15) is 0 Å². The van der Waals surface area contributed by atoms with E-state index >= 15 is 0 Å². The number of amides is 2. The summed E-state index contributed by atoms with van der Waals surface area (Å²) in [6.07, 6.45) is 4.73. The van der Waals surface area contributed by atoms with Crippen LogP contribution in [0.15, 0.2) is 42.7 Å². The molecule has 2 heterocycles. The lowest BCUT2D eigenvalue weighted by molar-refractivity contribution is -0.132. The second-order valence-electron chi connectivity index (χ2n) is 6.71. The van der Waals surface area contributed by atoms with Crippen LogP contribution in [0.1, 0.15) is 28.9 Å². The fraction of sp³-hybridized carbons (Fsp3) is 0.200. The molecular formula is C20H18N4O3. The number of nitrogens with one attached hydrogen (secondary N) is 3. The van der Waals surface area contributed by atoms with Gasteiger partial charge in [-0.05, 0) is 43.5 Å². The van der Waals surface area contributed by atoms with E-state index in [4.69, 9.17) is 0 Å². The number of nitrogens with zero attached hydrogens (tertiary/aromatic N) is 1. The van der Waals surface area contributed by atoms with E-state index in [2.05, 4.69) is 20.6 Å². The molecule has 0 saturated heterocycles. The van der Waals surface area contributed by atoms with Crippen LogP contribution in [0.5, 0.6) is 0 Å². The molecule has 27 heavy (non-hydrogen) atoms. The number of carbonyl (C=O) groups is 3. The number of pyridine rings is 1. The number of hydrogen-bond acceptors (Lipinski definition) is 4. The van der Waals surface area contributed by atoms with E-state index in [9.17, 15) is 14.4 Å². The molecule has 2 amide bonds. The fourth-order valence-electron chi connectivity index (χ4n) is 2.97. The van der Waals surface area contributed by atoms with Gasteiger partial charge in [-0.15, -0.1) is 0 Å². The normalized spacial score (nSPS) is 13.4. The molecule has 0 bridgehead atoms. The molecular weight excluding hydrogens is 344 g/mol. The quantitative estimate of drug-likeness (QED) is 0.490. The van der Waals surface area contributed by atoms with Crippen molar-refractivity contribution in [3.63, 3.8) is 0 Å². The minimum absolute atomic E-state index is 0.0135. The zero-order chi connectivity index (χ0) is 19.0. The first-order valence-corrected chi connectivity index (χ1v) is 8.72. The number of aromatic amines is 1. The molecule has 4 rings (SSSR count). The van der Waals surface area contributed by atoms with Crippen LogP contribution in [0.3, 0.4) is 0 Å². The SMILES string of the molecule is Cc1ccc2c(NC(=O)C(=O)Nc3ccncc3)c(C(=O)C3CC3)[nH]c2c1. The Kier molecular flexibility index (Phi) is 4.19. The summed E-state index contributed by atoms with van der Waals surface area (Å²) in [7, 11) is 0. The van der Waals surface area contributed by atoms with E-state index < -0.39 is 11.8 Å². The number of rotatable bonds is 4. The van der Waals surface area contributed by atoms with Crippen LogP contribution in [-0.4, -0.2) is 27.6 Å². The van der Waals surface area contributed by atoms with Gasteiger partial charge in [0.1, 0.15) is 5.69 Å². The van der Waals surface area contributed by atoms with Gasteiger partial charge in [0.05, 0.1) is 5.69 Å². The standard InChI is InChI=1S/C20H18N4O3/c1-11-2-5-14-15(10-11)23-17(18(25)12-3-4-12)16(14)24-20(27)19(26)22-13-6-8-21-9-7-13/h2,5-10,12,23H,3-4H2,1H3,(H,24,27)(H,21,22,26). The molecule has 0 unspecified atom stereocenters. The van der Waals surface area contributed by atoms with E-state index in [1.165, 1.54) is 12.4 Å². The Bertz CT molecular complexity index is 1050. The predicted molar refractivity (Wildman–Crippen MR) is 102 cm³/mol. The molecule has 0 radical (unpaired) electrons. The molecule has 0 aliphatic heterocycles. The van der Waals surface area contributed by atoms with Crippen molar-refractivity contribution in [2.45, 2.75) is 19.8 Å². The van der Waals surface area contributed by atoms with Gasteiger partial charge in [0.25, 0.3) is 0 Å². The van der Waals surface area contributed by atoms with E-state index in [-0.39, 0.29) is 11.7 Å². The average molecular weight is 362 g/mol. The maximum Gasteiger partial charge on any atom is 0.314 e. The molecule has 1 fully saturated rings. The van der Waals surface area contributed by atoms with Gasteiger partial charge < -0.3 is 15.6 Å². The smallest absolute Gasteiger partial charge is 0.314 e. The summed E-state index contributed by atoms with van der Waals surface area (Å²) < 4.78 is 0. The molecule has 1 aliphatic rings. The van der Waals surface area contributed by atoms with Crippen molar-refractivity contribution in [2.24, 2.45) is 5.92 Å². The first-order valence-electron chi connectivity index (χ1n) is 8.72. The van der Waals surface area contributed by atoms with Crippen LogP contribution >= 0.6 is 0 Å². The Labute approximate surface area is 155 Å². The van der Waals surface area contributed by atoms with Crippen molar-refractivity contribution >= 4 is 39.9 Å². The van der Waals surface area contributed by atoms with E-state index in [0.717, 1.165) is 23.9 Å². The number of H-pyrrole nitrogens is 1. The molecule has 0 atom stereocenters. The van der Waals surface area contributed by atoms with Gasteiger partial charge in [-0.25, -0.2) is 0 Å². The second kappa shape index (κ2) is 6.68. The zero-order valence-corrected chi connectivity index (χ0v) is 14.7. The Hall–Kier alpha value is -3.48. The van der Waals surface area contributed by atoms with E-state index in [1.54, 1.807) is 12.1 Å². The van der Waals surface area contributed by atoms with Crippen molar-refractivity contribution in [1.29, 1.82) is 0 Å². The van der Waals surface area contributed by atoms with Crippen LogP contribution in [0.25, 0.3) is 10.9 Å². The number of ketones is 1. The zero-order valence-electron chi connectivity index (χ0n) is 14.7. The maximum atomic E-state index is 12.6. The lowest BCUT2D eigenvalue weighted by atomic mass is 10.1. The Morgan fingerprint density at radius 1 is 1.04 bits per heavy atom. The number of aryl methyl sites for hydroxylation is 1. The van der Waals surface area contributed by atoms with E-state index in [1.807, 2.05) is 25.1 Å². The molecule has 1 aliphatic carbocycles. The Morgan fingerprint density at radius 3 is 2.44 bits per heavy atom. The molecule has 1 aromatic carbocycles. The number of fused-ring (bicyclic) bond motifs is 1. The monoisotopic (exact) mass is 362 g/mol. The largest absolute Gasteiger partial charge is 0.350 e. The summed E-state index contributed by atoms with van der Waals surface area (Å²) >= 11 is 0. The van der Waals surface area contributed by atoms with Crippen LogP contribution < -0.4 is 10.6 Å². The molecule has 0 spiro atoms. The van der Waals surface area contributed by atoms with E-state index in [0.29, 0.717) is 22.5 Å². The van der Waals surface area contributed by atoms with Gasteiger partial charge in [0.2, 0.25) is 0 Å². The fourth-order valence-corrected chi connectivity index (χ4v) is 2.97. The highest BCUT2D eigenvalue weighted by atomic mass is 16.2. The first-order chi connectivity index (χ1) is 13.0. The third kappa shape index (κ3) is 3.44. The van der Waals surface area contributed by atoms with Gasteiger partial charge in [0, 0.05) is 34.9 Å². The second-order valence-corrected chi connectivity index (χ2v) is 6.71. The number of carbonyl (C=O) groups excluding carboxylic acids is 3. The van der Waals surface area contributed by atoms with Gasteiger partial charge in [0.15, 0.2) is 5.78 Å². The highest BCUT2D eigenvalue weighted by Gasteiger charge is 2.34.